The molecule has 3 aromatic carbocycles. The van der Waals surface area contributed by atoms with Crippen molar-refractivity contribution in [1.82, 2.24) is 4.57 Å². The number of ether oxygens (including phenoxy) is 4. The zero-order valence-corrected chi connectivity index (χ0v) is 20.5. The predicted octanol–water partition coefficient (Wildman–Crippen LogP) is 5.82. The molecule has 182 valence electrons. The van der Waals surface area contributed by atoms with E-state index in [0.29, 0.717) is 33.9 Å². The first-order valence-corrected chi connectivity index (χ1v) is 11.5. The molecule has 0 spiro atoms. The summed E-state index contributed by atoms with van der Waals surface area (Å²) in [5, 5.41) is 1.04. The maximum Gasteiger partial charge on any atom is 0.343 e. The van der Waals surface area contributed by atoms with Crippen molar-refractivity contribution in [3.05, 3.63) is 88.8 Å². The zero-order chi connectivity index (χ0) is 25.4. The lowest BCUT2D eigenvalue weighted by Gasteiger charge is -2.10. The van der Waals surface area contributed by atoms with Crippen molar-refractivity contribution in [3.8, 4) is 23.0 Å². The molecule has 0 N–H and O–H groups in total. The smallest absolute Gasteiger partial charge is 0.343 e. The van der Waals surface area contributed by atoms with Crippen LogP contribution >= 0.6 is 0 Å². The van der Waals surface area contributed by atoms with Gasteiger partial charge in [0, 0.05) is 35.3 Å². The number of fused-ring (bicyclic) bond motifs is 2. The second-order valence-electron chi connectivity index (χ2n) is 8.40. The lowest BCUT2D eigenvalue weighted by atomic mass is 10.0. The Morgan fingerprint density at radius 3 is 2.56 bits per heavy atom. The van der Waals surface area contributed by atoms with Gasteiger partial charge in [0.25, 0.3) is 0 Å². The Kier molecular flexibility index (Phi) is 5.98. The van der Waals surface area contributed by atoms with Crippen LogP contribution in [0.3, 0.4) is 0 Å². The molecule has 1 aliphatic heterocycles. The van der Waals surface area contributed by atoms with Crippen LogP contribution in [0.5, 0.6) is 23.0 Å². The molecule has 0 radical (unpaired) electrons. The summed E-state index contributed by atoms with van der Waals surface area (Å²) < 4.78 is 24.2. The number of aromatic nitrogens is 1. The second-order valence-corrected chi connectivity index (χ2v) is 8.40. The maximum atomic E-state index is 13.2. The monoisotopic (exact) mass is 483 g/mol. The quantitative estimate of drug-likeness (QED) is 0.195. The number of carbonyl (C=O) groups excluding carboxylic acids is 2. The molecule has 0 unspecified atom stereocenters. The third-order valence-corrected chi connectivity index (χ3v) is 6.22. The summed E-state index contributed by atoms with van der Waals surface area (Å²) in [4.78, 5) is 26.0. The minimum absolute atomic E-state index is 0.200. The van der Waals surface area contributed by atoms with Crippen molar-refractivity contribution in [3.63, 3.8) is 0 Å². The number of ketones is 1. The van der Waals surface area contributed by atoms with Crippen LogP contribution in [0.1, 0.15) is 38.8 Å². The number of nitrogens with zero attached hydrogens (tertiary/aromatic N) is 1. The van der Waals surface area contributed by atoms with Crippen molar-refractivity contribution >= 4 is 28.7 Å². The van der Waals surface area contributed by atoms with Gasteiger partial charge in [-0.3, -0.25) is 4.79 Å². The Bertz CT molecular complexity index is 1550. The van der Waals surface area contributed by atoms with Crippen LogP contribution in [0.25, 0.3) is 17.0 Å². The fourth-order valence-electron chi connectivity index (χ4n) is 4.46. The highest BCUT2D eigenvalue weighted by Gasteiger charge is 2.30. The highest BCUT2D eigenvalue weighted by Crippen LogP contribution is 2.38. The average molecular weight is 484 g/mol. The first kappa shape index (κ1) is 23.2. The van der Waals surface area contributed by atoms with Crippen molar-refractivity contribution in [2.45, 2.75) is 20.4 Å². The number of benzene rings is 3. The van der Waals surface area contributed by atoms with Gasteiger partial charge in [-0.2, -0.15) is 0 Å². The van der Waals surface area contributed by atoms with Crippen LogP contribution in [-0.2, 0) is 6.54 Å². The normalized spacial score (nSPS) is 13.6. The highest BCUT2D eigenvalue weighted by molar-refractivity contribution is 6.16. The van der Waals surface area contributed by atoms with Gasteiger partial charge in [-0.1, -0.05) is 18.2 Å². The van der Waals surface area contributed by atoms with E-state index in [9.17, 15) is 9.59 Å². The van der Waals surface area contributed by atoms with Crippen molar-refractivity contribution in [2.24, 2.45) is 0 Å². The summed E-state index contributed by atoms with van der Waals surface area (Å²) in [6.07, 6.45) is 3.78. The molecule has 0 atom stereocenters. The average Bonchev–Trinajstić information content (AvgIpc) is 3.40. The minimum Gasteiger partial charge on any atom is -0.493 e. The molecule has 0 saturated heterocycles. The molecule has 0 saturated carbocycles. The lowest BCUT2D eigenvalue weighted by Crippen LogP contribution is -2.09. The second kappa shape index (κ2) is 9.26. The van der Waals surface area contributed by atoms with E-state index in [1.807, 2.05) is 24.4 Å². The highest BCUT2D eigenvalue weighted by atomic mass is 16.5. The van der Waals surface area contributed by atoms with Crippen molar-refractivity contribution in [1.29, 1.82) is 0 Å². The third kappa shape index (κ3) is 3.98. The zero-order valence-electron chi connectivity index (χ0n) is 20.5. The van der Waals surface area contributed by atoms with E-state index in [1.165, 1.54) is 14.2 Å². The Labute approximate surface area is 208 Å². The van der Waals surface area contributed by atoms with E-state index >= 15 is 0 Å². The molecule has 7 nitrogen and oxygen atoms in total. The van der Waals surface area contributed by atoms with Crippen LogP contribution < -0.4 is 18.9 Å². The largest absolute Gasteiger partial charge is 0.493 e. The summed E-state index contributed by atoms with van der Waals surface area (Å²) in [6, 6.07) is 16.0. The molecule has 0 aliphatic carbocycles. The Hall–Kier alpha value is -4.52. The Morgan fingerprint density at radius 1 is 1.03 bits per heavy atom. The van der Waals surface area contributed by atoms with E-state index < -0.39 is 5.97 Å². The molecule has 0 amide bonds. The van der Waals surface area contributed by atoms with Crippen LogP contribution in [0.2, 0.25) is 0 Å². The Morgan fingerprint density at radius 2 is 1.81 bits per heavy atom. The van der Waals surface area contributed by atoms with Crippen LogP contribution in [0.4, 0.5) is 0 Å². The fourth-order valence-corrected chi connectivity index (χ4v) is 4.46. The molecule has 0 fully saturated rings. The summed E-state index contributed by atoms with van der Waals surface area (Å²) in [5.41, 5.74) is 3.42. The molecule has 4 aromatic rings. The van der Waals surface area contributed by atoms with Gasteiger partial charge in [-0.05, 0) is 55.8 Å². The van der Waals surface area contributed by atoms with Gasteiger partial charge in [0.05, 0.1) is 25.3 Å². The fraction of sp³-hybridized carbons (Fsp3) is 0.172. The summed E-state index contributed by atoms with van der Waals surface area (Å²) in [7, 11) is 3.02. The molecular formula is C29H25NO6. The standard InChI is InChI=1S/C29H25NO6/c1-5-30-16-19(21-8-6-7-9-22(21)30)14-26-28(31)27-17(2)12-20(15-25(27)36-26)35-29(32)18-10-11-23(33-3)24(13-18)34-4/h6-16H,5H2,1-4H3/b26-14-. The molecule has 1 aliphatic rings. The van der Waals surface area contributed by atoms with Gasteiger partial charge in [0.15, 0.2) is 17.3 Å². The molecule has 5 rings (SSSR count). The van der Waals surface area contributed by atoms with Crippen molar-refractivity contribution in [2.75, 3.05) is 14.2 Å². The van der Waals surface area contributed by atoms with Gasteiger partial charge in [0.1, 0.15) is 11.5 Å². The van der Waals surface area contributed by atoms with E-state index in [4.69, 9.17) is 18.9 Å². The van der Waals surface area contributed by atoms with E-state index in [-0.39, 0.29) is 17.3 Å². The summed E-state index contributed by atoms with van der Waals surface area (Å²) in [5.74, 6) is 1.04. The van der Waals surface area contributed by atoms with E-state index in [1.54, 1.807) is 43.3 Å². The number of Topliss-reactive ketones (excluding diaryl/α,β-unsaturated/α-hetero) is 1. The van der Waals surface area contributed by atoms with Gasteiger partial charge in [0.2, 0.25) is 5.78 Å². The number of aryl methyl sites for hydroxylation is 2. The SMILES string of the molecule is CCn1cc(/C=C2\Oc3cc(OC(=O)c4ccc(OC)c(OC)c4)cc(C)c3C2=O)c2ccccc21. The number of para-hydroxylation sites is 1. The van der Waals surface area contributed by atoms with Gasteiger partial charge < -0.3 is 23.5 Å². The maximum absolute atomic E-state index is 13.2. The topological polar surface area (TPSA) is 76.0 Å². The van der Waals surface area contributed by atoms with Gasteiger partial charge >= 0.3 is 5.97 Å². The molecule has 1 aromatic heterocycles. The number of hydrogen-bond donors (Lipinski definition) is 0. The number of rotatable bonds is 6. The first-order chi connectivity index (χ1) is 17.4. The van der Waals surface area contributed by atoms with Crippen LogP contribution in [0.15, 0.2) is 66.6 Å². The number of esters is 1. The summed E-state index contributed by atoms with van der Waals surface area (Å²) >= 11 is 0. The number of methoxy groups -OCH3 is 2. The van der Waals surface area contributed by atoms with E-state index in [0.717, 1.165) is 23.0 Å². The summed E-state index contributed by atoms with van der Waals surface area (Å²) in [6.45, 7) is 4.68. The predicted molar refractivity (Wildman–Crippen MR) is 136 cm³/mol. The number of carbonyl (C=O) groups is 2. The molecular weight excluding hydrogens is 458 g/mol. The minimum atomic E-state index is -0.567. The first-order valence-electron chi connectivity index (χ1n) is 11.5. The van der Waals surface area contributed by atoms with Gasteiger partial charge in [-0.15, -0.1) is 0 Å². The lowest BCUT2D eigenvalue weighted by molar-refractivity contribution is 0.0734. The van der Waals surface area contributed by atoms with E-state index in [2.05, 4.69) is 17.6 Å². The molecule has 0 bridgehead atoms. The van der Waals surface area contributed by atoms with Crippen LogP contribution in [0, 0.1) is 6.92 Å². The Balaban J connectivity index is 1.43. The van der Waals surface area contributed by atoms with Crippen molar-refractivity contribution < 1.29 is 28.5 Å². The number of allylic oxidation sites excluding steroid dienone is 1. The number of hydrogen-bond acceptors (Lipinski definition) is 6. The molecule has 7 heteroatoms. The van der Waals surface area contributed by atoms with Crippen LogP contribution in [-0.4, -0.2) is 30.5 Å². The molecule has 36 heavy (non-hydrogen) atoms. The van der Waals surface area contributed by atoms with Gasteiger partial charge in [-0.25, -0.2) is 4.79 Å². The molecule has 2 heterocycles. The third-order valence-electron chi connectivity index (χ3n) is 6.22.